The van der Waals surface area contributed by atoms with E-state index in [4.69, 9.17) is 0 Å². The smallest absolute Gasteiger partial charge is 0.339 e. The molecule has 0 nitrogen and oxygen atoms in total. The van der Waals surface area contributed by atoms with E-state index in [9.17, 15) is 0 Å². The van der Waals surface area contributed by atoms with Gasteiger partial charge in [0.05, 0.1) is 0 Å². The van der Waals surface area contributed by atoms with Crippen molar-refractivity contribution >= 4 is 11.0 Å². The molecule has 0 fully saturated rings. The molecule has 0 saturated carbocycles. The molecule has 2 heteroatoms. The molecule has 0 aliphatic heterocycles. The van der Waals surface area contributed by atoms with Crippen molar-refractivity contribution in [3.05, 3.63) is 128 Å². The third kappa shape index (κ3) is 12.7. The molecule has 26 heavy (non-hydrogen) atoms. The van der Waals surface area contributed by atoms with E-state index in [0.29, 0.717) is 0 Å². The first kappa shape index (κ1) is 26.6. The van der Waals surface area contributed by atoms with Crippen LogP contribution in [-0.4, -0.2) is 11.0 Å². The molecule has 3 aromatic carbocycles. The first-order valence-electron chi connectivity index (χ1n) is 8.29. The van der Waals surface area contributed by atoms with Gasteiger partial charge in [-0.15, -0.1) is 0 Å². The summed E-state index contributed by atoms with van der Waals surface area (Å²) in [6.45, 7) is 11.3. The van der Waals surface area contributed by atoms with Gasteiger partial charge in [-0.2, -0.15) is 19.3 Å². The normalized spacial score (nSPS) is 8.42. The van der Waals surface area contributed by atoms with Crippen LogP contribution >= 0.6 is 0 Å². The fourth-order valence-electron chi connectivity index (χ4n) is 1.93. The molecule has 0 heterocycles. The molecule has 2 radical (unpaired) electrons. The Kier molecular flexibility index (Phi) is 18.7. The molecule has 0 atom stereocenters. The first-order chi connectivity index (χ1) is 11.8. The van der Waals surface area contributed by atoms with E-state index in [1.54, 1.807) is 0 Å². The average Bonchev–Trinajstić information content (AvgIpc) is 2.71. The second-order valence-corrected chi connectivity index (χ2v) is 5.21. The molecule has 0 unspecified atom stereocenters. The summed E-state index contributed by atoms with van der Waals surface area (Å²) in [4.78, 5) is 0. The SMILES string of the molecule is [CH2-]Cc1ccccc1.[CH2-]Cc1ccccc1.[CH2-]Cc1ccccc1.[Cr+3].[SiH3]. The van der Waals surface area contributed by atoms with Gasteiger partial charge in [0.25, 0.3) is 0 Å². The molecule has 3 rings (SSSR count). The van der Waals surface area contributed by atoms with Crippen LogP contribution in [0.25, 0.3) is 0 Å². The standard InChI is InChI=1S/3C8H9.Cr.H3Si/c3*1-2-8-6-4-3-5-7-8;;/h3*3-7H,1-2H2;;1H3/q3*-1;+3;. The van der Waals surface area contributed by atoms with E-state index in [1.165, 1.54) is 16.7 Å². The molecular formula is C24H30CrSi. The topological polar surface area (TPSA) is 0 Å². The van der Waals surface area contributed by atoms with Crippen LogP contribution < -0.4 is 0 Å². The Bertz CT molecular complexity index is 530. The summed E-state index contributed by atoms with van der Waals surface area (Å²) in [5.74, 6) is 0. The predicted molar refractivity (Wildman–Crippen MR) is 116 cm³/mol. The van der Waals surface area contributed by atoms with Gasteiger partial charge in [0.15, 0.2) is 0 Å². The van der Waals surface area contributed by atoms with Crippen molar-refractivity contribution in [2.24, 2.45) is 0 Å². The summed E-state index contributed by atoms with van der Waals surface area (Å²) >= 11 is 0. The van der Waals surface area contributed by atoms with Gasteiger partial charge in [-0.1, -0.05) is 108 Å². The van der Waals surface area contributed by atoms with Gasteiger partial charge in [0.1, 0.15) is 0 Å². The van der Waals surface area contributed by atoms with Crippen molar-refractivity contribution in [2.45, 2.75) is 19.3 Å². The van der Waals surface area contributed by atoms with Crippen LogP contribution in [0.1, 0.15) is 16.7 Å². The maximum Gasteiger partial charge on any atom is 3.00 e. The van der Waals surface area contributed by atoms with Crippen molar-refractivity contribution in [2.75, 3.05) is 0 Å². The molecule has 0 spiro atoms. The minimum atomic E-state index is 0. The summed E-state index contributed by atoms with van der Waals surface area (Å²) < 4.78 is 0. The Hall–Kier alpha value is -1.59. The molecule has 3 aromatic rings. The van der Waals surface area contributed by atoms with Crippen molar-refractivity contribution in [3.63, 3.8) is 0 Å². The Morgan fingerprint density at radius 1 is 0.423 bits per heavy atom. The Morgan fingerprint density at radius 3 is 0.731 bits per heavy atom. The minimum Gasteiger partial charge on any atom is -0.339 e. The van der Waals surface area contributed by atoms with Gasteiger partial charge in [-0.25, -0.2) is 0 Å². The summed E-state index contributed by atoms with van der Waals surface area (Å²) in [5, 5.41) is 0. The quantitative estimate of drug-likeness (QED) is 0.430. The number of hydrogen-bond donors (Lipinski definition) is 0. The van der Waals surface area contributed by atoms with Gasteiger partial charge in [-0.3, -0.25) is 0 Å². The maximum atomic E-state index is 3.76. The third-order valence-corrected chi connectivity index (χ3v) is 3.39. The van der Waals surface area contributed by atoms with E-state index in [-0.39, 0.29) is 28.3 Å². The molecule has 0 aliphatic rings. The van der Waals surface area contributed by atoms with Crippen LogP contribution in [0.15, 0.2) is 91.0 Å². The molecule has 0 saturated heterocycles. The Labute approximate surface area is 175 Å². The summed E-state index contributed by atoms with van der Waals surface area (Å²) in [6, 6.07) is 30.7. The fourth-order valence-corrected chi connectivity index (χ4v) is 1.93. The predicted octanol–water partition coefficient (Wildman–Crippen LogP) is 5.00. The van der Waals surface area contributed by atoms with Crippen LogP contribution in [0, 0.1) is 20.8 Å². The molecule has 0 amide bonds. The van der Waals surface area contributed by atoms with Crippen molar-refractivity contribution in [1.82, 2.24) is 0 Å². The van der Waals surface area contributed by atoms with Gasteiger partial charge in [0.2, 0.25) is 0 Å². The van der Waals surface area contributed by atoms with Crippen LogP contribution in [-0.2, 0) is 36.6 Å². The molecule has 136 valence electrons. The minimum absolute atomic E-state index is 0. The van der Waals surface area contributed by atoms with Crippen molar-refractivity contribution in [3.8, 4) is 0 Å². The Balaban J connectivity index is 0. The largest absolute Gasteiger partial charge is 3.00 e. The van der Waals surface area contributed by atoms with E-state index in [1.807, 2.05) is 54.6 Å². The molecule has 0 aromatic heterocycles. The van der Waals surface area contributed by atoms with Gasteiger partial charge in [-0.05, 0) is 11.0 Å². The van der Waals surface area contributed by atoms with E-state index in [2.05, 4.69) is 57.2 Å². The number of benzene rings is 3. The van der Waals surface area contributed by atoms with Crippen LogP contribution in [0.4, 0.5) is 0 Å². The maximum absolute atomic E-state index is 3.76. The fraction of sp³-hybridized carbons (Fsp3) is 0.125. The molecular weight excluding hydrogens is 368 g/mol. The zero-order valence-corrected chi connectivity index (χ0v) is 19.1. The second-order valence-electron chi connectivity index (χ2n) is 5.21. The second kappa shape index (κ2) is 18.2. The van der Waals surface area contributed by atoms with E-state index < -0.39 is 0 Å². The van der Waals surface area contributed by atoms with Gasteiger partial charge >= 0.3 is 17.4 Å². The molecule has 0 aliphatic carbocycles. The number of hydrogen-bond acceptors (Lipinski definition) is 0. The third-order valence-electron chi connectivity index (χ3n) is 3.39. The summed E-state index contributed by atoms with van der Waals surface area (Å²) in [6.07, 6.45) is 2.67. The number of rotatable bonds is 3. The first-order valence-corrected chi connectivity index (χ1v) is 8.29. The monoisotopic (exact) mass is 398 g/mol. The average molecular weight is 399 g/mol. The molecule has 0 N–H and O–H groups in total. The van der Waals surface area contributed by atoms with E-state index in [0.717, 1.165) is 19.3 Å². The van der Waals surface area contributed by atoms with Crippen LogP contribution in [0.2, 0.25) is 0 Å². The van der Waals surface area contributed by atoms with Gasteiger partial charge < -0.3 is 20.8 Å². The summed E-state index contributed by atoms with van der Waals surface area (Å²) in [7, 11) is 0. The van der Waals surface area contributed by atoms with E-state index >= 15 is 0 Å². The van der Waals surface area contributed by atoms with Gasteiger partial charge in [0, 0.05) is 0 Å². The van der Waals surface area contributed by atoms with Crippen molar-refractivity contribution in [1.29, 1.82) is 0 Å². The van der Waals surface area contributed by atoms with Crippen molar-refractivity contribution < 1.29 is 17.4 Å². The van der Waals surface area contributed by atoms with Crippen LogP contribution in [0.5, 0.6) is 0 Å². The molecule has 0 bridgehead atoms. The zero-order valence-electron chi connectivity index (χ0n) is 15.8. The Morgan fingerprint density at radius 2 is 0.615 bits per heavy atom. The van der Waals surface area contributed by atoms with Crippen LogP contribution in [0.3, 0.4) is 0 Å². The summed E-state index contributed by atoms with van der Waals surface area (Å²) in [5.41, 5.74) is 3.90. The zero-order chi connectivity index (χ0) is 17.5.